The number of nitrogens with one attached hydrogen (secondary N) is 2. The first-order chi connectivity index (χ1) is 21.4. The van der Waals surface area contributed by atoms with Crippen LogP contribution in [0.1, 0.15) is 79.0 Å². The molecule has 45 heavy (non-hydrogen) atoms. The molecule has 11 nitrogen and oxygen atoms in total. The van der Waals surface area contributed by atoms with Crippen molar-refractivity contribution in [2.75, 3.05) is 0 Å². The van der Waals surface area contributed by atoms with Crippen LogP contribution in [0.2, 0.25) is 0 Å². The summed E-state index contributed by atoms with van der Waals surface area (Å²) in [7, 11) is 0. The van der Waals surface area contributed by atoms with Crippen molar-refractivity contribution in [2.45, 2.75) is 79.7 Å². The van der Waals surface area contributed by atoms with E-state index in [1.165, 1.54) is 53.2 Å². The van der Waals surface area contributed by atoms with Gasteiger partial charge in [0, 0.05) is 28.3 Å². The Hall–Kier alpha value is -4.39. The van der Waals surface area contributed by atoms with Crippen LogP contribution < -0.4 is 16.1 Å². The number of aromatic hydroxyl groups is 1. The second-order valence-electron chi connectivity index (χ2n) is 12.7. The Bertz CT molecular complexity index is 1860. The maximum Gasteiger partial charge on any atom is 0.327 e. The van der Waals surface area contributed by atoms with Crippen LogP contribution >= 0.6 is 11.8 Å². The molecule has 3 fully saturated rings. The van der Waals surface area contributed by atoms with E-state index in [9.17, 15) is 38.6 Å². The lowest BCUT2D eigenvalue weighted by Gasteiger charge is -2.44. The molecule has 2 aromatic carbocycles. The summed E-state index contributed by atoms with van der Waals surface area (Å²) in [5.74, 6) is -3.88. The SMILES string of the molecule is CC1(C)SC2C(NC(=O)C(NC(=O)c3cn4c5c(cc(F)cc5c3=O)C3CCCCC34)c3ccc(O)cc3)C(=O)N2C1C(=O)O. The van der Waals surface area contributed by atoms with Gasteiger partial charge in [0.05, 0.1) is 5.52 Å². The number of amides is 3. The van der Waals surface area contributed by atoms with E-state index in [2.05, 4.69) is 10.6 Å². The van der Waals surface area contributed by atoms with Crippen LogP contribution in [0.15, 0.2) is 47.4 Å². The van der Waals surface area contributed by atoms with E-state index in [4.69, 9.17) is 0 Å². The first-order valence-corrected chi connectivity index (χ1v) is 15.8. The van der Waals surface area contributed by atoms with E-state index < -0.39 is 63.2 Å². The Labute approximate surface area is 260 Å². The van der Waals surface area contributed by atoms with Gasteiger partial charge in [0.2, 0.25) is 17.2 Å². The number of hydrogen-bond donors (Lipinski definition) is 4. The van der Waals surface area contributed by atoms with Crippen molar-refractivity contribution in [3.05, 3.63) is 75.3 Å². The number of carbonyl (C=O) groups excluding carboxylic acids is 3. The third-order valence-corrected chi connectivity index (χ3v) is 11.2. The summed E-state index contributed by atoms with van der Waals surface area (Å²) in [4.78, 5) is 67.4. The van der Waals surface area contributed by atoms with Crippen molar-refractivity contribution in [1.29, 1.82) is 0 Å². The summed E-state index contributed by atoms with van der Waals surface area (Å²) >= 11 is 1.26. The van der Waals surface area contributed by atoms with Gasteiger partial charge in [0.25, 0.3) is 5.91 Å². The lowest BCUT2D eigenvalue weighted by molar-refractivity contribution is -0.161. The number of aromatic nitrogens is 1. The number of phenols is 1. The minimum atomic E-state index is -1.38. The Morgan fingerprint density at radius 2 is 1.80 bits per heavy atom. The Kier molecular flexibility index (Phi) is 6.73. The number of carbonyl (C=O) groups is 4. The predicted octanol–water partition coefficient (Wildman–Crippen LogP) is 3.16. The largest absolute Gasteiger partial charge is 0.508 e. The van der Waals surface area contributed by atoms with Gasteiger partial charge < -0.3 is 30.3 Å². The number of aliphatic carboxylic acids is 1. The van der Waals surface area contributed by atoms with Crippen LogP contribution in [-0.4, -0.2) is 65.6 Å². The molecule has 7 rings (SSSR count). The molecule has 1 saturated carbocycles. The summed E-state index contributed by atoms with van der Waals surface area (Å²) < 4.78 is 15.9. The smallest absolute Gasteiger partial charge is 0.327 e. The van der Waals surface area contributed by atoms with Crippen LogP contribution in [0.5, 0.6) is 5.75 Å². The van der Waals surface area contributed by atoms with Gasteiger partial charge in [-0.3, -0.25) is 19.2 Å². The minimum Gasteiger partial charge on any atom is -0.508 e. The molecular formula is C32H31FN4O7S. The molecule has 4 N–H and O–H groups in total. The summed E-state index contributed by atoms with van der Waals surface area (Å²) in [5, 5.41) is 24.4. The van der Waals surface area contributed by atoms with Crippen molar-refractivity contribution in [1.82, 2.24) is 20.1 Å². The van der Waals surface area contributed by atoms with Crippen molar-refractivity contribution >= 4 is 46.4 Å². The number of β-lactam (4-membered cyclic amide) rings is 1. The molecule has 1 aliphatic carbocycles. The average Bonchev–Trinajstić information content (AvgIpc) is 3.45. The van der Waals surface area contributed by atoms with Gasteiger partial charge in [-0.05, 0) is 62.1 Å². The molecule has 3 aromatic rings. The summed E-state index contributed by atoms with van der Waals surface area (Å²) in [6.45, 7) is 3.44. The van der Waals surface area contributed by atoms with Crippen molar-refractivity contribution in [3.63, 3.8) is 0 Å². The van der Waals surface area contributed by atoms with E-state index in [1.807, 2.05) is 4.57 Å². The number of halogens is 1. The molecule has 0 radical (unpaired) electrons. The lowest BCUT2D eigenvalue weighted by Crippen LogP contribution is -2.71. The zero-order valence-electron chi connectivity index (χ0n) is 24.5. The summed E-state index contributed by atoms with van der Waals surface area (Å²) in [6.07, 6.45) is 5.13. The van der Waals surface area contributed by atoms with Gasteiger partial charge in [0.1, 0.15) is 40.6 Å². The number of hydrogen-bond acceptors (Lipinski definition) is 7. The fourth-order valence-corrected chi connectivity index (χ4v) is 9.19. The standard InChI is InChI=1S/C32H31FN4O7S/c1-32(2)26(31(43)44)37-29(42)23(30(37)45-32)35-28(41)22(14-7-9-16(38)10-8-14)34-27(40)20-13-36-21-6-4-3-5-17(21)18-11-15(33)12-19(24(18)36)25(20)39/h7-13,17,21-23,26,30,38H,3-6H2,1-2H3,(H,34,40)(H,35,41)(H,43,44). The van der Waals surface area contributed by atoms with Crippen LogP contribution in [0.25, 0.3) is 10.9 Å². The van der Waals surface area contributed by atoms with Gasteiger partial charge >= 0.3 is 5.97 Å². The third kappa shape index (κ3) is 4.50. The predicted molar refractivity (Wildman–Crippen MR) is 162 cm³/mol. The van der Waals surface area contributed by atoms with Crippen molar-refractivity contribution in [2.24, 2.45) is 0 Å². The molecule has 2 saturated heterocycles. The highest BCUT2D eigenvalue weighted by Gasteiger charge is 2.64. The number of fused-ring (bicyclic) bond motifs is 4. The van der Waals surface area contributed by atoms with Crippen LogP contribution in [0.4, 0.5) is 4.39 Å². The molecule has 3 amide bonds. The number of pyridine rings is 1. The zero-order chi connectivity index (χ0) is 31.9. The minimum absolute atomic E-state index is 0.0169. The molecule has 1 aromatic heterocycles. The van der Waals surface area contributed by atoms with Crippen LogP contribution in [-0.2, 0) is 14.4 Å². The lowest BCUT2D eigenvalue weighted by atomic mass is 9.82. The number of nitrogens with zero attached hydrogens (tertiary/aromatic N) is 2. The first kappa shape index (κ1) is 29.3. The van der Waals surface area contributed by atoms with Crippen LogP contribution in [0, 0.1) is 5.82 Å². The number of thioether (sulfide) groups is 1. The number of benzene rings is 2. The topological polar surface area (TPSA) is 158 Å². The van der Waals surface area contributed by atoms with E-state index in [-0.39, 0.29) is 34.2 Å². The Morgan fingerprint density at radius 1 is 1.09 bits per heavy atom. The van der Waals surface area contributed by atoms with Crippen LogP contribution in [0.3, 0.4) is 0 Å². The molecule has 4 heterocycles. The molecule has 6 atom stereocenters. The second kappa shape index (κ2) is 10.3. The van der Waals surface area contributed by atoms with Gasteiger partial charge in [-0.15, -0.1) is 11.8 Å². The van der Waals surface area contributed by atoms with E-state index in [0.29, 0.717) is 5.52 Å². The molecule has 0 bridgehead atoms. The van der Waals surface area contributed by atoms with Crippen molar-refractivity contribution < 1.29 is 33.8 Å². The number of carboxylic acid groups (broad SMARTS) is 1. The van der Waals surface area contributed by atoms with E-state index in [1.54, 1.807) is 13.8 Å². The van der Waals surface area contributed by atoms with Gasteiger partial charge in [-0.25, -0.2) is 9.18 Å². The first-order valence-electron chi connectivity index (χ1n) is 14.9. The third-order valence-electron chi connectivity index (χ3n) is 9.59. The van der Waals surface area contributed by atoms with Gasteiger partial charge in [-0.1, -0.05) is 25.0 Å². The zero-order valence-corrected chi connectivity index (χ0v) is 25.3. The maximum atomic E-state index is 14.8. The quantitative estimate of drug-likeness (QED) is 0.301. The monoisotopic (exact) mass is 634 g/mol. The molecule has 234 valence electrons. The highest BCUT2D eigenvalue weighted by molar-refractivity contribution is 8.01. The average molecular weight is 635 g/mol. The molecule has 6 unspecified atom stereocenters. The second-order valence-corrected chi connectivity index (χ2v) is 14.5. The van der Waals surface area contributed by atoms with Crippen molar-refractivity contribution in [3.8, 4) is 5.75 Å². The van der Waals surface area contributed by atoms with Gasteiger partial charge in [0.15, 0.2) is 0 Å². The number of carboxylic acids is 1. The normalized spacial score (nSPS) is 26.5. The molecule has 0 spiro atoms. The Morgan fingerprint density at radius 3 is 2.51 bits per heavy atom. The molecule has 13 heteroatoms. The van der Waals surface area contributed by atoms with Gasteiger partial charge in [-0.2, -0.15) is 0 Å². The number of rotatable bonds is 6. The fraction of sp³-hybridized carbons (Fsp3) is 0.406. The Balaban J connectivity index is 1.21. The molecule has 3 aliphatic heterocycles. The molecule has 4 aliphatic rings. The number of phenolic OH excluding ortho intramolecular Hbond substituents is 1. The van der Waals surface area contributed by atoms with E-state index in [0.717, 1.165) is 37.3 Å². The fourth-order valence-electron chi connectivity index (χ4n) is 7.56. The summed E-state index contributed by atoms with van der Waals surface area (Å²) in [5.41, 5.74) is 0.781. The molecular weight excluding hydrogens is 603 g/mol. The maximum absolute atomic E-state index is 14.8. The highest BCUT2D eigenvalue weighted by atomic mass is 32.2. The van der Waals surface area contributed by atoms with E-state index >= 15 is 0 Å². The highest BCUT2D eigenvalue weighted by Crippen LogP contribution is 2.51. The summed E-state index contributed by atoms with van der Waals surface area (Å²) in [6, 6.07) is 4.68.